The van der Waals surface area contributed by atoms with Crippen LogP contribution in [0.1, 0.15) is 68.8 Å². The molecule has 1 amide bonds. The lowest BCUT2D eigenvalue weighted by Gasteiger charge is -2.54. The molecule has 4 atom stereocenters. The summed E-state index contributed by atoms with van der Waals surface area (Å²) in [5.74, 6) is 1.55. The Morgan fingerprint density at radius 1 is 1.10 bits per heavy atom. The molecule has 2 aromatic rings. The van der Waals surface area contributed by atoms with Crippen LogP contribution in [0.4, 0.5) is 0 Å². The van der Waals surface area contributed by atoms with E-state index in [1.54, 1.807) is 5.57 Å². The van der Waals surface area contributed by atoms with Gasteiger partial charge >= 0.3 is 0 Å². The fraction of sp³-hybridized carbons (Fsp3) is 0.593. The van der Waals surface area contributed by atoms with E-state index in [2.05, 4.69) is 58.7 Å². The van der Waals surface area contributed by atoms with Crippen LogP contribution in [0.5, 0.6) is 0 Å². The lowest BCUT2D eigenvalue weighted by Crippen LogP contribution is -2.60. The topological polar surface area (TPSA) is 28.5 Å². The van der Waals surface area contributed by atoms with Crippen LogP contribution in [-0.4, -0.2) is 52.0 Å². The fourth-order valence-corrected chi connectivity index (χ4v) is 7.18. The SMILES string of the molecule is CC(C)n1ccc2c(C(=O)N3CCCC4=C[C@@H]5C[C@@H](CN6CCCC[C@H]56)[C@@H]43)cccc21. The van der Waals surface area contributed by atoms with Gasteiger partial charge < -0.3 is 9.47 Å². The van der Waals surface area contributed by atoms with Gasteiger partial charge in [-0.3, -0.25) is 9.69 Å². The molecule has 31 heavy (non-hydrogen) atoms. The molecule has 0 radical (unpaired) electrons. The summed E-state index contributed by atoms with van der Waals surface area (Å²) in [4.78, 5) is 19.0. The average molecular weight is 418 g/mol. The molecule has 164 valence electrons. The van der Waals surface area contributed by atoms with Gasteiger partial charge in [0.15, 0.2) is 0 Å². The van der Waals surface area contributed by atoms with Crippen LogP contribution in [0.2, 0.25) is 0 Å². The molecule has 4 nitrogen and oxygen atoms in total. The molecule has 4 heteroatoms. The molecule has 3 fully saturated rings. The highest BCUT2D eigenvalue weighted by Gasteiger charge is 2.47. The molecule has 3 saturated heterocycles. The number of fused-ring (bicyclic) bond motifs is 7. The summed E-state index contributed by atoms with van der Waals surface area (Å²) in [7, 11) is 0. The summed E-state index contributed by atoms with van der Waals surface area (Å²) in [6.07, 6.45) is 12.4. The standard InChI is InChI=1S/C27H35N3O/c1-18(2)29-14-11-22-23(8-5-10-25(22)29)27(31)30-13-6-7-19-15-20-16-21(26(19)30)17-28-12-4-3-9-24(20)28/h5,8,10-11,14-15,18,20-21,24,26H,3-4,6-7,9,12-13,16-17H2,1-2H3/t20-,21+,24-,26-/m1/s1. The largest absolute Gasteiger partial charge is 0.345 e. The Labute approximate surface area is 185 Å². The maximum Gasteiger partial charge on any atom is 0.255 e. The first kappa shape index (κ1) is 19.6. The quantitative estimate of drug-likeness (QED) is 0.624. The second-order valence-electron chi connectivity index (χ2n) is 10.6. The average Bonchev–Trinajstić information content (AvgIpc) is 3.23. The molecule has 0 spiro atoms. The van der Waals surface area contributed by atoms with Crippen LogP contribution in [-0.2, 0) is 0 Å². The van der Waals surface area contributed by atoms with E-state index in [1.165, 1.54) is 50.7 Å². The highest BCUT2D eigenvalue weighted by molar-refractivity contribution is 6.06. The van der Waals surface area contributed by atoms with E-state index in [0.29, 0.717) is 23.9 Å². The number of benzene rings is 1. The number of amides is 1. The van der Waals surface area contributed by atoms with Crippen molar-refractivity contribution in [2.45, 2.75) is 70.5 Å². The van der Waals surface area contributed by atoms with Crippen molar-refractivity contribution in [1.29, 1.82) is 0 Å². The molecule has 4 heterocycles. The van der Waals surface area contributed by atoms with Crippen molar-refractivity contribution >= 4 is 16.8 Å². The predicted molar refractivity (Wildman–Crippen MR) is 125 cm³/mol. The molecular weight excluding hydrogens is 382 g/mol. The summed E-state index contributed by atoms with van der Waals surface area (Å²) >= 11 is 0. The first-order valence-electron chi connectivity index (χ1n) is 12.5. The van der Waals surface area contributed by atoms with E-state index >= 15 is 0 Å². The van der Waals surface area contributed by atoms with Crippen molar-refractivity contribution in [1.82, 2.24) is 14.4 Å². The van der Waals surface area contributed by atoms with Crippen LogP contribution in [0.25, 0.3) is 10.9 Å². The van der Waals surface area contributed by atoms with Crippen LogP contribution in [0.3, 0.4) is 0 Å². The molecule has 6 rings (SSSR count). The number of likely N-dealkylation sites (tertiary alicyclic amines) is 1. The van der Waals surface area contributed by atoms with Gasteiger partial charge in [0.1, 0.15) is 0 Å². The number of piperidine rings is 3. The third-order valence-corrected chi connectivity index (χ3v) is 8.47. The number of nitrogens with zero attached hydrogens (tertiary/aromatic N) is 3. The summed E-state index contributed by atoms with van der Waals surface area (Å²) < 4.78 is 2.27. The van der Waals surface area contributed by atoms with Gasteiger partial charge in [-0.25, -0.2) is 0 Å². The van der Waals surface area contributed by atoms with Gasteiger partial charge in [0.05, 0.1) is 6.04 Å². The van der Waals surface area contributed by atoms with Gasteiger partial charge in [0, 0.05) is 47.8 Å². The van der Waals surface area contributed by atoms with E-state index in [1.807, 2.05) is 6.07 Å². The molecule has 0 N–H and O–H groups in total. The third-order valence-electron chi connectivity index (χ3n) is 8.47. The van der Waals surface area contributed by atoms with E-state index in [4.69, 9.17) is 0 Å². The Morgan fingerprint density at radius 2 is 2.00 bits per heavy atom. The Morgan fingerprint density at radius 3 is 2.87 bits per heavy atom. The summed E-state index contributed by atoms with van der Waals surface area (Å²) in [6.45, 7) is 7.73. The van der Waals surface area contributed by atoms with Crippen molar-refractivity contribution in [2.24, 2.45) is 11.8 Å². The first-order chi connectivity index (χ1) is 15.1. The molecule has 1 aromatic heterocycles. The highest BCUT2D eigenvalue weighted by Crippen LogP contribution is 2.45. The van der Waals surface area contributed by atoms with Crippen molar-refractivity contribution in [3.8, 4) is 0 Å². The van der Waals surface area contributed by atoms with Crippen molar-refractivity contribution < 1.29 is 4.79 Å². The molecule has 0 saturated carbocycles. The highest BCUT2D eigenvalue weighted by atomic mass is 16.2. The van der Waals surface area contributed by atoms with Crippen LogP contribution < -0.4 is 0 Å². The van der Waals surface area contributed by atoms with Crippen molar-refractivity contribution in [3.63, 3.8) is 0 Å². The third kappa shape index (κ3) is 3.09. The van der Waals surface area contributed by atoms with Gasteiger partial charge in [-0.05, 0) is 82.5 Å². The number of hydrogen-bond acceptors (Lipinski definition) is 2. The van der Waals surface area contributed by atoms with Gasteiger partial charge in [-0.2, -0.15) is 0 Å². The van der Waals surface area contributed by atoms with Crippen molar-refractivity contribution in [2.75, 3.05) is 19.6 Å². The minimum Gasteiger partial charge on any atom is -0.345 e. The first-order valence-corrected chi connectivity index (χ1v) is 12.5. The number of carbonyl (C=O) groups excluding carboxylic acids is 1. The van der Waals surface area contributed by atoms with Gasteiger partial charge in [0.25, 0.3) is 5.91 Å². The van der Waals surface area contributed by atoms with Crippen LogP contribution in [0.15, 0.2) is 42.1 Å². The minimum atomic E-state index is 0.238. The Bertz CT molecular complexity index is 1030. The maximum atomic E-state index is 14.0. The molecule has 4 aliphatic rings. The zero-order valence-electron chi connectivity index (χ0n) is 19.0. The molecule has 2 bridgehead atoms. The van der Waals surface area contributed by atoms with Crippen LogP contribution in [0, 0.1) is 11.8 Å². The molecule has 0 unspecified atom stereocenters. The molecule has 3 aliphatic heterocycles. The lowest BCUT2D eigenvalue weighted by molar-refractivity contribution is 0.00153. The Balaban J connectivity index is 1.36. The monoisotopic (exact) mass is 417 g/mol. The van der Waals surface area contributed by atoms with E-state index in [9.17, 15) is 4.79 Å². The van der Waals surface area contributed by atoms with Gasteiger partial charge in [-0.1, -0.05) is 24.1 Å². The smallest absolute Gasteiger partial charge is 0.255 e. The van der Waals surface area contributed by atoms with Gasteiger partial charge in [0.2, 0.25) is 0 Å². The summed E-state index contributed by atoms with van der Waals surface area (Å²) in [5, 5.41) is 1.10. The van der Waals surface area contributed by atoms with Gasteiger partial charge in [-0.15, -0.1) is 0 Å². The second kappa shape index (κ2) is 7.51. The Hall–Kier alpha value is -2.07. The number of hydrogen-bond donors (Lipinski definition) is 0. The Kier molecular flexibility index (Phi) is 4.75. The normalized spacial score (nSPS) is 30.8. The molecule has 1 aliphatic carbocycles. The summed E-state index contributed by atoms with van der Waals surface area (Å²) in [5.41, 5.74) is 3.62. The second-order valence-corrected chi connectivity index (χ2v) is 10.6. The predicted octanol–water partition coefficient (Wildman–Crippen LogP) is 5.26. The van der Waals surface area contributed by atoms with E-state index in [-0.39, 0.29) is 5.91 Å². The maximum absolute atomic E-state index is 14.0. The lowest BCUT2D eigenvalue weighted by atomic mass is 9.68. The number of rotatable bonds is 2. The zero-order chi connectivity index (χ0) is 21.1. The number of carbonyl (C=O) groups is 1. The van der Waals surface area contributed by atoms with E-state index < -0.39 is 0 Å². The molecular formula is C27H35N3O. The van der Waals surface area contributed by atoms with Crippen LogP contribution >= 0.6 is 0 Å². The zero-order valence-corrected chi connectivity index (χ0v) is 19.0. The molecule has 1 aromatic carbocycles. The van der Waals surface area contributed by atoms with E-state index in [0.717, 1.165) is 30.0 Å². The van der Waals surface area contributed by atoms with Crippen molar-refractivity contribution in [3.05, 3.63) is 47.7 Å². The fourth-order valence-electron chi connectivity index (χ4n) is 7.18. The summed E-state index contributed by atoms with van der Waals surface area (Å²) in [6, 6.07) is 9.85. The minimum absolute atomic E-state index is 0.238. The number of aromatic nitrogens is 1.